The molecule has 0 unspecified atom stereocenters. The minimum Gasteiger partial charge on any atom is -0.324 e. The van der Waals surface area contributed by atoms with E-state index in [1.807, 2.05) is 54.2 Å². The first-order chi connectivity index (χ1) is 7.31. The number of rotatable bonds is 2. The van der Waals surface area contributed by atoms with Crippen molar-refractivity contribution in [1.82, 2.24) is 4.57 Å². The van der Waals surface area contributed by atoms with Gasteiger partial charge in [-0.3, -0.25) is 0 Å². The lowest BCUT2D eigenvalue weighted by atomic mass is 10.2. The van der Waals surface area contributed by atoms with E-state index in [4.69, 9.17) is 5.53 Å². The molecule has 1 aromatic carbocycles. The van der Waals surface area contributed by atoms with Crippen molar-refractivity contribution >= 4 is 5.69 Å². The molecule has 0 aliphatic carbocycles. The van der Waals surface area contributed by atoms with E-state index in [0.29, 0.717) is 5.69 Å². The van der Waals surface area contributed by atoms with Gasteiger partial charge >= 0.3 is 0 Å². The van der Waals surface area contributed by atoms with E-state index in [-0.39, 0.29) is 0 Å². The van der Waals surface area contributed by atoms with Gasteiger partial charge in [0.05, 0.1) is 0 Å². The van der Waals surface area contributed by atoms with Gasteiger partial charge in [0.2, 0.25) is 0 Å². The molecule has 0 aliphatic rings. The van der Waals surface area contributed by atoms with Crippen LogP contribution in [0, 0.1) is 6.92 Å². The fraction of sp³-hybridized carbons (Fsp3) is 0.0909. The molecular formula is C11H10N4. The average molecular weight is 198 g/mol. The number of nitrogens with zero attached hydrogens (tertiary/aromatic N) is 4. The quantitative estimate of drug-likeness (QED) is 0.401. The summed E-state index contributed by atoms with van der Waals surface area (Å²) < 4.78 is 1.99. The molecule has 1 heterocycles. The van der Waals surface area contributed by atoms with Crippen molar-refractivity contribution < 1.29 is 0 Å². The Kier molecular flexibility index (Phi) is 2.44. The van der Waals surface area contributed by atoms with Crippen LogP contribution in [0.15, 0.2) is 47.8 Å². The molecule has 0 radical (unpaired) electrons. The van der Waals surface area contributed by atoms with Crippen LogP contribution in [0.25, 0.3) is 16.1 Å². The topological polar surface area (TPSA) is 53.7 Å². The monoisotopic (exact) mass is 198 g/mol. The van der Waals surface area contributed by atoms with Crippen LogP contribution in [0.5, 0.6) is 0 Å². The van der Waals surface area contributed by atoms with Crippen molar-refractivity contribution in [1.29, 1.82) is 0 Å². The van der Waals surface area contributed by atoms with Gasteiger partial charge in [-0.1, -0.05) is 17.2 Å². The van der Waals surface area contributed by atoms with Crippen molar-refractivity contribution in [2.45, 2.75) is 6.92 Å². The molecule has 0 bridgehead atoms. The van der Waals surface area contributed by atoms with Gasteiger partial charge in [0.15, 0.2) is 0 Å². The van der Waals surface area contributed by atoms with Gasteiger partial charge in [-0.05, 0) is 36.2 Å². The standard InChI is InChI=1S/C11H10N4/c1-9-4-5-10(13-14-12)8-11(9)15-6-2-3-7-15/h2-8H,1H3. The molecule has 0 saturated heterocycles. The highest BCUT2D eigenvalue weighted by Crippen LogP contribution is 2.21. The largest absolute Gasteiger partial charge is 0.324 e. The van der Waals surface area contributed by atoms with Gasteiger partial charge in [-0.25, -0.2) is 0 Å². The molecule has 0 N–H and O–H groups in total. The van der Waals surface area contributed by atoms with Gasteiger partial charge < -0.3 is 4.57 Å². The molecule has 74 valence electrons. The highest BCUT2D eigenvalue weighted by molar-refractivity contribution is 5.51. The molecule has 0 atom stereocenters. The summed E-state index contributed by atoms with van der Waals surface area (Å²) in [7, 11) is 0. The molecule has 0 fully saturated rings. The summed E-state index contributed by atoms with van der Waals surface area (Å²) in [4.78, 5) is 2.77. The van der Waals surface area contributed by atoms with E-state index >= 15 is 0 Å². The summed E-state index contributed by atoms with van der Waals surface area (Å²) in [6.45, 7) is 2.02. The summed E-state index contributed by atoms with van der Waals surface area (Å²) in [6.07, 6.45) is 3.92. The van der Waals surface area contributed by atoms with Crippen molar-refractivity contribution in [3.05, 3.63) is 58.7 Å². The molecule has 2 rings (SSSR count). The van der Waals surface area contributed by atoms with Crippen LogP contribution < -0.4 is 0 Å². The van der Waals surface area contributed by atoms with Crippen molar-refractivity contribution in [3.8, 4) is 5.69 Å². The lowest BCUT2D eigenvalue weighted by molar-refractivity contribution is 1.06. The van der Waals surface area contributed by atoms with Crippen LogP contribution >= 0.6 is 0 Å². The van der Waals surface area contributed by atoms with E-state index in [1.165, 1.54) is 0 Å². The SMILES string of the molecule is Cc1ccc(N=[N+]=[N-])cc1-n1cccc1. The van der Waals surface area contributed by atoms with Crippen LogP contribution in [0.3, 0.4) is 0 Å². The third-order valence-electron chi connectivity index (χ3n) is 2.24. The molecule has 4 nitrogen and oxygen atoms in total. The van der Waals surface area contributed by atoms with Gasteiger partial charge in [0, 0.05) is 28.7 Å². The van der Waals surface area contributed by atoms with Crippen molar-refractivity contribution in [2.24, 2.45) is 5.11 Å². The number of aromatic nitrogens is 1. The molecule has 4 heteroatoms. The summed E-state index contributed by atoms with van der Waals surface area (Å²) >= 11 is 0. The predicted octanol–water partition coefficient (Wildman–Crippen LogP) is 3.73. The van der Waals surface area contributed by atoms with Gasteiger partial charge in [0.1, 0.15) is 0 Å². The molecule has 1 aromatic heterocycles. The predicted molar refractivity (Wildman–Crippen MR) is 59.3 cm³/mol. The molecular weight excluding hydrogens is 188 g/mol. The Hall–Kier alpha value is -2.19. The smallest absolute Gasteiger partial charge is 0.0483 e. The zero-order valence-electron chi connectivity index (χ0n) is 8.33. The summed E-state index contributed by atoms with van der Waals surface area (Å²) in [5.41, 5.74) is 11.2. The fourth-order valence-corrected chi connectivity index (χ4v) is 1.48. The molecule has 2 aromatic rings. The lowest BCUT2D eigenvalue weighted by Crippen LogP contribution is -1.92. The second-order valence-electron chi connectivity index (χ2n) is 3.25. The summed E-state index contributed by atoms with van der Waals surface area (Å²) in [5.74, 6) is 0. The zero-order chi connectivity index (χ0) is 10.7. The van der Waals surface area contributed by atoms with E-state index in [0.717, 1.165) is 11.3 Å². The first-order valence-electron chi connectivity index (χ1n) is 4.60. The zero-order valence-corrected chi connectivity index (χ0v) is 8.33. The summed E-state index contributed by atoms with van der Waals surface area (Å²) in [5, 5.41) is 3.59. The van der Waals surface area contributed by atoms with Crippen molar-refractivity contribution in [2.75, 3.05) is 0 Å². The third-order valence-corrected chi connectivity index (χ3v) is 2.24. The van der Waals surface area contributed by atoms with Crippen molar-refractivity contribution in [3.63, 3.8) is 0 Å². The Labute approximate surface area is 87.4 Å². The number of benzene rings is 1. The van der Waals surface area contributed by atoms with Crippen LogP contribution in [0.4, 0.5) is 5.69 Å². The first kappa shape index (κ1) is 9.37. The van der Waals surface area contributed by atoms with Crippen LogP contribution in [0.2, 0.25) is 0 Å². The Morgan fingerprint density at radius 3 is 2.67 bits per heavy atom. The normalized spacial score (nSPS) is 9.67. The molecule has 0 amide bonds. The number of hydrogen-bond donors (Lipinski definition) is 0. The van der Waals surface area contributed by atoms with E-state index < -0.39 is 0 Å². The molecule has 0 spiro atoms. The van der Waals surface area contributed by atoms with E-state index in [2.05, 4.69) is 10.0 Å². The lowest BCUT2D eigenvalue weighted by Gasteiger charge is -2.07. The molecule has 15 heavy (non-hydrogen) atoms. The second kappa shape index (κ2) is 3.90. The average Bonchev–Trinajstić information content (AvgIpc) is 2.74. The van der Waals surface area contributed by atoms with Crippen LogP contribution in [-0.4, -0.2) is 4.57 Å². The maximum atomic E-state index is 8.36. The maximum Gasteiger partial charge on any atom is 0.0483 e. The van der Waals surface area contributed by atoms with Gasteiger partial charge in [0.25, 0.3) is 0 Å². The van der Waals surface area contributed by atoms with E-state index in [1.54, 1.807) is 0 Å². The number of hydrogen-bond acceptors (Lipinski definition) is 1. The third kappa shape index (κ3) is 1.85. The Morgan fingerprint density at radius 1 is 1.27 bits per heavy atom. The molecule has 0 aliphatic heterocycles. The first-order valence-corrected chi connectivity index (χ1v) is 4.60. The van der Waals surface area contributed by atoms with Crippen LogP contribution in [0.1, 0.15) is 5.56 Å². The minimum atomic E-state index is 0.631. The van der Waals surface area contributed by atoms with Gasteiger partial charge in [-0.15, -0.1) is 0 Å². The number of azide groups is 1. The highest BCUT2D eigenvalue weighted by atomic mass is 15.1. The van der Waals surface area contributed by atoms with Crippen LogP contribution in [-0.2, 0) is 0 Å². The van der Waals surface area contributed by atoms with E-state index in [9.17, 15) is 0 Å². The second-order valence-corrected chi connectivity index (χ2v) is 3.25. The fourth-order valence-electron chi connectivity index (χ4n) is 1.48. The maximum absolute atomic E-state index is 8.36. The Bertz CT molecular complexity index is 507. The van der Waals surface area contributed by atoms with Gasteiger partial charge in [-0.2, -0.15) is 0 Å². The molecule has 0 saturated carbocycles. The minimum absolute atomic E-state index is 0.631. The summed E-state index contributed by atoms with van der Waals surface area (Å²) in [6, 6.07) is 9.54. The highest BCUT2D eigenvalue weighted by Gasteiger charge is 2.00. The number of aryl methyl sites for hydroxylation is 1. The Morgan fingerprint density at radius 2 is 2.00 bits per heavy atom. The Balaban J connectivity index is 2.55.